The lowest BCUT2D eigenvalue weighted by molar-refractivity contribution is 0.0908. The third kappa shape index (κ3) is 4.74. The van der Waals surface area contributed by atoms with Crippen LogP contribution in [0.3, 0.4) is 0 Å². The number of rotatable bonds is 6. The summed E-state index contributed by atoms with van der Waals surface area (Å²) in [6.45, 7) is 10.1. The smallest absolute Gasteiger partial charge is 0.120 e. The van der Waals surface area contributed by atoms with Crippen molar-refractivity contribution in [3.05, 3.63) is 29.8 Å². The molecule has 1 N–H and O–H groups in total. The van der Waals surface area contributed by atoms with Crippen molar-refractivity contribution in [1.29, 1.82) is 0 Å². The molecule has 0 radical (unpaired) electrons. The Morgan fingerprint density at radius 1 is 1.29 bits per heavy atom. The molecule has 2 nitrogen and oxygen atoms in total. The molecule has 21 heavy (non-hydrogen) atoms. The summed E-state index contributed by atoms with van der Waals surface area (Å²) in [6.07, 6.45) is 5.19. The first kappa shape index (κ1) is 16.4. The Morgan fingerprint density at radius 3 is 2.81 bits per heavy atom. The summed E-state index contributed by atoms with van der Waals surface area (Å²) in [5, 5.41) is 3.67. The van der Waals surface area contributed by atoms with Gasteiger partial charge < -0.3 is 10.1 Å². The second-order valence-corrected chi connectivity index (χ2v) is 6.86. The first-order valence-electron chi connectivity index (χ1n) is 8.60. The summed E-state index contributed by atoms with van der Waals surface area (Å²) in [7, 11) is 0. The van der Waals surface area contributed by atoms with Crippen molar-refractivity contribution in [1.82, 2.24) is 5.32 Å². The summed E-state index contributed by atoms with van der Waals surface area (Å²) < 4.78 is 6.36. The summed E-state index contributed by atoms with van der Waals surface area (Å²) in [5.74, 6) is 2.35. The largest absolute Gasteiger partial charge is 0.489 e. The van der Waals surface area contributed by atoms with Gasteiger partial charge in [-0.05, 0) is 61.8 Å². The molecular formula is C19H31NO. The highest BCUT2D eigenvalue weighted by Gasteiger charge is 2.29. The van der Waals surface area contributed by atoms with Crippen molar-refractivity contribution in [2.75, 3.05) is 6.54 Å². The van der Waals surface area contributed by atoms with Gasteiger partial charge in [0.15, 0.2) is 0 Å². The number of ether oxygens (including phenoxy) is 1. The van der Waals surface area contributed by atoms with Crippen molar-refractivity contribution in [3.63, 3.8) is 0 Å². The molecule has 0 spiro atoms. The molecule has 2 rings (SSSR count). The summed E-state index contributed by atoms with van der Waals surface area (Å²) >= 11 is 0. The van der Waals surface area contributed by atoms with Crippen LogP contribution in [0.1, 0.15) is 64.9 Å². The highest BCUT2D eigenvalue weighted by Crippen LogP contribution is 2.29. The van der Waals surface area contributed by atoms with E-state index in [0.717, 1.165) is 24.6 Å². The zero-order valence-electron chi connectivity index (χ0n) is 14.1. The van der Waals surface area contributed by atoms with Gasteiger partial charge in [-0.2, -0.15) is 0 Å². The molecule has 0 amide bonds. The fourth-order valence-electron chi connectivity index (χ4n) is 3.14. The number of benzene rings is 1. The van der Waals surface area contributed by atoms with Gasteiger partial charge in [0.2, 0.25) is 0 Å². The normalized spacial score (nSPS) is 26.0. The van der Waals surface area contributed by atoms with Gasteiger partial charge in [-0.1, -0.05) is 39.8 Å². The zero-order valence-corrected chi connectivity index (χ0v) is 14.1. The van der Waals surface area contributed by atoms with E-state index >= 15 is 0 Å². The molecule has 0 aromatic heterocycles. The average molecular weight is 289 g/mol. The van der Waals surface area contributed by atoms with E-state index in [2.05, 4.69) is 57.3 Å². The summed E-state index contributed by atoms with van der Waals surface area (Å²) in [5.41, 5.74) is 1.36. The molecule has 3 atom stereocenters. The number of hydrogen-bond acceptors (Lipinski definition) is 2. The Kier molecular flexibility index (Phi) is 6.10. The quantitative estimate of drug-likeness (QED) is 0.816. The molecule has 3 unspecified atom stereocenters. The van der Waals surface area contributed by atoms with Crippen LogP contribution in [0.15, 0.2) is 24.3 Å². The second kappa shape index (κ2) is 7.84. The molecule has 1 aliphatic carbocycles. The van der Waals surface area contributed by atoms with E-state index in [0.29, 0.717) is 18.1 Å². The van der Waals surface area contributed by atoms with E-state index in [4.69, 9.17) is 4.74 Å². The van der Waals surface area contributed by atoms with Gasteiger partial charge in [-0.25, -0.2) is 0 Å². The van der Waals surface area contributed by atoms with Crippen LogP contribution in [0.4, 0.5) is 0 Å². The second-order valence-electron chi connectivity index (χ2n) is 6.86. The van der Waals surface area contributed by atoms with Crippen LogP contribution in [-0.4, -0.2) is 18.7 Å². The van der Waals surface area contributed by atoms with Crippen LogP contribution in [0.5, 0.6) is 5.75 Å². The molecule has 1 saturated carbocycles. The third-order valence-electron chi connectivity index (χ3n) is 4.52. The Bertz CT molecular complexity index is 427. The van der Waals surface area contributed by atoms with Crippen LogP contribution in [-0.2, 0) is 0 Å². The van der Waals surface area contributed by atoms with Gasteiger partial charge in [0.05, 0.1) is 0 Å². The first-order valence-corrected chi connectivity index (χ1v) is 8.60. The Hall–Kier alpha value is -1.02. The monoisotopic (exact) mass is 289 g/mol. The molecule has 2 heteroatoms. The molecule has 1 aromatic carbocycles. The minimum Gasteiger partial charge on any atom is -0.489 e. The molecular weight excluding hydrogens is 258 g/mol. The van der Waals surface area contributed by atoms with E-state index in [9.17, 15) is 0 Å². The molecule has 0 saturated heterocycles. The lowest BCUT2D eigenvalue weighted by atomic mass is 9.85. The van der Waals surface area contributed by atoms with Crippen molar-refractivity contribution in [2.45, 2.75) is 71.4 Å². The van der Waals surface area contributed by atoms with Gasteiger partial charge in [-0.3, -0.25) is 0 Å². The van der Waals surface area contributed by atoms with Crippen LogP contribution >= 0.6 is 0 Å². The lowest BCUT2D eigenvalue weighted by Crippen LogP contribution is -2.47. The van der Waals surface area contributed by atoms with E-state index in [-0.39, 0.29) is 0 Å². The standard InChI is InChI=1S/C19H31NO/c1-5-11-20-18-10-9-15(4)12-19(18)21-17-8-6-7-16(13-17)14(2)3/h6-8,13-15,18-20H,5,9-12H2,1-4H3. The van der Waals surface area contributed by atoms with Crippen molar-refractivity contribution in [3.8, 4) is 5.75 Å². The van der Waals surface area contributed by atoms with Gasteiger partial charge >= 0.3 is 0 Å². The molecule has 118 valence electrons. The Balaban J connectivity index is 2.04. The Morgan fingerprint density at radius 2 is 2.10 bits per heavy atom. The van der Waals surface area contributed by atoms with Gasteiger partial charge in [-0.15, -0.1) is 0 Å². The fourth-order valence-corrected chi connectivity index (χ4v) is 3.14. The number of hydrogen-bond donors (Lipinski definition) is 1. The predicted molar refractivity (Wildman–Crippen MR) is 90.0 cm³/mol. The van der Waals surface area contributed by atoms with Gasteiger partial charge in [0.1, 0.15) is 11.9 Å². The van der Waals surface area contributed by atoms with E-state index in [1.165, 1.54) is 24.8 Å². The minimum absolute atomic E-state index is 0.308. The maximum atomic E-state index is 6.36. The number of nitrogens with one attached hydrogen (secondary N) is 1. The third-order valence-corrected chi connectivity index (χ3v) is 4.52. The minimum atomic E-state index is 0.308. The zero-order chi connectivity index (χ0) is 15.2. The van der Waals surface area contributed by atoms with Gasteiger partial charge in [0, 0.05) is 6.04 Å². The van der Waals surface area contributed by atoms with Crippen LogP contribution in [0, 0.1) is 5.92 Å². The van der Waals surface area contributed by atoms with Crippen LogP contribution < -0.4 is 10.1 Å². The Labute approximate surface area is 130 Å². The highest BCUT2D eigenvalue weighted by molar-refractivity contribution is 5.30. The van der Waals surface area contributed by atoms with Crippen molar-refractivity contribution in [2.24, 2.45) is 5.92 Å². The van der Waals surface area contributed by atoms with Gasteiger partial charge in [0.25, 0.3) is 0 Å². The summed E-state index contributed by atoms with van der Waals surface area (Å²) in [6, 6.07) is 9.12. The molecule has 1 fully saturated rings. The summed E-state index contributed by atoms with van der Waals surface area (Å²) in [4.78, 5) is 0. The van der Waals surface area contributed by atoms with Crippen LogP contribution in [0.2, 0.25) is 0 Å². The average Bonchev–Trinajstić information content (AvgIpc) is 2.47. The first-order chi connectivity index (χ1) is 10.1. The maximum absolute atomic E-state index is 6.36. The van der Waals surface area contributed by atoms with E-state index < -0.39 is 0 Å². The molecule has 0 aliphatic heterocycles. The SMILES string of the molecule is CCCNC1CCC(C)CC1Oc1cccc(C(C)C)c1. The van der Waals surface area contributed by atoms with Crippen molar-refractivity contribution >= 4 is 0 Å². The predicted octanol–water partition coefficient (Wildman–Crippen LogP) is 4.75. The van der Waals surface area contributed by atoms with E-state index in [1.54, 1.807) is 0 Å². The molecule has 0 bridgehead atoms. The lowest BCUT2D eigenvalue weighted by Gasteiger charge is -2.35. The molecule has 1 aliphatic rings. The topological polar surface area (TPSA) is 21.3 Å². The molecule has 0 heterocycles. The molecule has 1 aromatic rings. The fraction of sp³-hybridized carbons (Fsp3) is 0.684. The van der Waals surface area contributed by atoms with E-state index in [1.807, 2.05) is 0 Å². The maximum Gasteiger partial charge on any atom is 0.120 e. The van der Waals surface area contributed by atoms with Crippen molar-refractivity contribution < 1.29 is 4.74 Å². The van der Waals surface area contributed by atoms with Crippen LogP contribution in [0.25, 0.3) is 0 Å². The highest BCUT2D eigenvalue weighted by atomic mass is 16.5.